The Morgan fingerprint density at radius 3 is 2.34 bits per heavy atom. The summed E-state index contributed by atoms with van der Waals surface area (Å²) in [6.45, 7) is 9.97. The second kappa shape index (κ2) is 10.8. The number of hydrogen-bond donors (Lipinski definition) is 2. The van der Waals surface area contributed by atoms with Gasteiger partial charge in [-0.2, -0.15) is 0 Å². The van der Waals surface area contributed by atoms with Crippen LogP contribution in [0.5, 0.6) is 5.75 Å². The molecule has 2 aromatic carbocycles. The predicted molar refractivity (Wildman–Crippen MR) is 152 cm³/mol. The molecule has 0 bridgehead atoms. The third-order valence-electron chi connectivity index (χ3n) is 6.02. The van der Waals surface area contributed by atoms with Gasteiger partial charge in [0, 0.05) is 56.3 Å². The maximum absolute atomic E-state index is 12.2. The highest BCUT2D eigenvalue weighted by atomic mass is 32.2. The number of carboxylic acid groups (broad SMARTS) is 2. The van der Waals surface area contributed by atoms with Gasteiger partial charge in [-0.3, -0.25) is 4.79 Å². The molecule has 0 aliphatic rings. The normalized spacial score (nSPS) is 12.1. The molecular weight excluding hydrogens is 520 g/mol. The quantitative estimate of drug-likeness (QED) is 0.208. The first-order valence-electron chi connectivity index (χ1n) is 12.2. The molecule has 0 fully saturated rings. The maximum atomic E-state index is 12.2. The van der Waals surface area contributed by atoms with Gasteiger partial charge in [-0.05, 0) is 37.6 Å². The first-order valence-corrected chi connectivity index (χ1v) is 13.9. The largest absolute Gasteiger partial charge is 0.482 e. The standard InChI is InChI=1S/C29H32N2O5S2/c1-28(2,3)38-25-21-14-20(36-17-24(32)33)10-11-22(21)31(23(25)15-29(4,5)27(34)35)16-18-6-8-19(9-7-18)26-30-12-13-37-26/h6-14H,15-17H2,1-5H3,(H,32,33)(H,34,35). The van der Waals surface area contributed by atoms with E-state index in [4.69, 9.17) is 9.84 Å². The van der Waals surface area contributed by atoms with E-state index >= 15 is 0 Å². The van der Waals surface area contributed by atoms with E-state index in [9.17, 15) is 14.7 Å². The van der Waals surface area contributed by atoms with Gasteiger partial charge in [0.2, 0.25) is 0 Å². The number of thiazole rings is 1. The molecule has 0 aliphatic carbocycles. The molecule has 0 radical (unpaired) electrons. The molecular formula is C29H32N2O5S2. The van der Waals surface area contributed by atoms with E-state index in [1.54, 1.807) is 49.2 Å². The van der Waals surface area contributed by atoms with Crippen LogP contribution in [0.2, 0.25) is 0 Å². The van der Waals surface area contributed by atoms with Gasteiger partial charge in [-0.15, -0.1) is 23.1 Å². The van der Waals surface area contributed by atoms with Gasteiger partial charge in [0.25, 0.3) is 0 Å². The minimum absolute atomic E-state index is 0.144. The first-order chi connectivity index (χ1) is 17.8. The Hall–Kier alpha value is -3.30. The Labute approximate surface area is 230 Å². The molecule has 200 valence electrons. The highest BCUT2D eigenvalue weighted by Crippen LogP contribution is 2.44. The average Bonchev–Trinajstić information content (AvgIpc) is 3.46. The van der Waals surface area contributed by atoms with Crippen molar-refractivity contribution in [2.24, 2.45) is 5.41 Å². The van der Waals surface area contributed by atoms with Crippen molar-refractivity contribution in [1.82, 2.24) is 9.55 Å². The lowest BCUT2D eigenvalue weighted by Crippen LogP contribution is -2.28. The summed E-state index contributed by atoms with van der Waals surface area (Å²) < 4.78 is 7.54. The van der Waals surface area contributed by atoms with Gasteiger partial charge in [-0.25, -0.2) is 9.78 Å². The third-order valence-corrected chi connectivity index (χ3v) is 8.12. The molecule has 2 heterocycles. The van der Waals surface area contributed by atoms with Crippen LogP contribution in [0.15, 0.2) is 58.9 Å². The summed E-state index contributed by atoms with van der Waals surface area (Å²) in [5, 5.41) is 22.9. The number of carbonyl (C=O) groups is 2. The summed E-state index contributed by atoms with van der Waals surface area (Å²) in [6.07, 6.45) is 2.12. The van der Waals surface area contributed by atoms with Crippen LogP contribution in [0.1, 0.15) is 45.9 Å². The molecule has 0 aliphatic heterocycles. The maximum Gasteiger partial charge on any atom is 0.341 e. The smallest absolute Gasteiger partial charge is 0.341 e. The Morgan fingerprint density at radius 1 is 1.05 bits per heavy atom. The number of aliphatic carboxylic acids is 2. The molecule has 0 amide bonds. The van der Waals surface area contributed by atoms with Crippen LogP contribution in [0.4, 0.5) is 0 Å². The molecule has 2 N–H and O–H groups in total. The lowest BCUT2D eigenvalue weighted by Gasteiger charge is -2.24. The number of aromatic nitrogens is 2. The fourth-order valence-electron chi connectivity index (χ4n) is 4.16. The van der Waals surface area contributed by atoms with Crippen molar-refractivity contribution in [3.05, 3.63) is 65.3 Å². The molecule has 4 aromatic rings. The van der Waals surface area contributed by atoms with E-state index in [1.807, 2.05) is 17.5 Å². The lowest BCUT2D eigenvalue weighted by molar-refractivity contribution is -0.147. The zero-order valence-corrected chi connectivity index (χ0v) is 23.8. The number of hydrogen-bond acceptors (Lipinski definition) is 6. The second-order valence-electron chi connectivity index (χ2n) is 10.8. The summed E-state index contributed by atoms with van der Waals surface area (Å²) in [6, 6.07) is 13.8. The number of carboxylic acids is 2. The van der Waals surface area contributed by atoms with Crippen LogP contribution < -0.4 is 4.74 Å². The number of thioether (sulfide) groups is 1. The monoisotopic (exact) mass is 552 g/mol. The van der Waals surface area contributed by atoms with Gasteiger partial charge in [0.15, 0.2) is 6.61 Å². The van der Waals surface area contributed by atoms with Crippen molar-refractivity contribution in [3.8, 4) is 16.3 Å². The number of ether oxygens (including phenoxy) is 1. The summed E-state index contributed by atoms with van der Waals surface area (Å²) in [5.41, 5.74) is 3.02. The number of nitrogens with zero attached hydrogens (tertiary/aromatic N) is 2. The zero-order chi connectivity index (χ0) is 27.7. The highest BCUT2D eigenvalue weighted by molar-refractivity contribution is 8.00. The van der Waals surface area contributed by atoms with Crippen LogP contribution in [-0.4, -0.2) is 43.1 Å². The van der Waals surface area contributed by atoms with Gasteiger partial charge in [-0.1, -0.05) is 45.0 Å². The number of fused-ring (bicyclic) bond motifs is 1. The van der Waals surface area contributed by atoms with Crippen molar-refractivity contribution in [3.63, 3.8) is 0 Å². The summed E-state index contributed by atoms with van der Waals surface area (Å²) in [7, 11) is 0. The number of benzene rings is 2. The molecule has 7 nitrogen and oxygen atoms in total. The topological polar surface area (TPSA) is 102 Å². The molecule has 0 unspecified atom stereocenters. The summed E-state index contributed by atoms with van der Waals surface area (Å²) >= 11 is 3.27. The van der Waals surface area contributed by atoms with Gasteiger partial charge < -0.3 is 19.5 Å². The average molecular weight is 553 g/mol. The zero-order valence-electron chi connectivity index (χ0n) is 22.1. The van der Waals surface area contributed by atoms with Crippen LogP contribution in [0, 0.1) is 5.41 Å². The summed E-state index contributed by atoms with van der Waals surface area (Å²) in [5.74, 6) is -1.44. The van der Waals surface area contributed by atoms with Crippen LogP contribution in [-0.2, 0) is 22.6 Å². The minimum Gasteiger partial charge on any atom is -0.482 e. The van der Waals surface area contributed by atoms with Crippen LogP contribution in [0.3, 0.4) is 0 Å². The Balaban J connectivity index is 1.86. The first kappa shape index (κ1) is 27.7. The Morgan fingerprint density at radius 2 is 1.76 bits per heavy atom. The van der Waals surface area contributed by atoms with Crippen molar-refractivity contribution in [2.75, 3.05) is 6.61 Å². The van der Waals surface area contributed by atoms with Crippen molar-refractivity contribution in [1.29, 1.82) is 0 Å². The predicted octanol–water partition coefficient (Wildman–Crippen LogP) is 6.82. The highest BCUT2D eigenvalue weighted by Gasteiger charge is 2.32. The van der Waals surface area contributed by atoms with E-state index < -0.39 is 24.0 Å². The molecule has 0 spiro atoms. The van der Waals surface area contributed by atoms with Crippen LogP contribution >= 0.6 is 23.1 Å². The molecule has 0 saturated carbocycles. The molecule has 9 heteroatoms. The van der Waals surface area contributed by atoms with E-state index in [-0.39, 0.29) is 4.75 Å². The Kier molecular flexibility index (Phi) is 7.90. The number of rotatable bonds is 10. The minimum atomic E-state index is -1.04. The fraction of sp³-hybridized carbons (Fsp3) is 0.345. The lowest BCUT2D eigenvalue weighted by atomic mass is 9.88. The van der Waals surface area contributed by atoms with E-state index in [0.717, 1.165) is 37.6 Å². The molecule has 38 heavy (non-hydrogen) atoms. The van der Waals surface area contributed by atoms with Crippen molar-refractivity contribution < 1.29 is 24.5 Å². The van der Waals surface area contributed by atoms with Gasteiger partial charge >= 0.3 is 11.9 Å². The Bertz CT molecular complexity index is 1450. The van der Waals surface area contributed by atoms with E-state index in [2.05, 4.69) is 54.6 Å². The fourth-order valence-corrected chi connectivity index (χ4v) is 5.99. The molecule has 0 atom stereocenters. The van der Waals surface area contributed by atoms with E-state index in [1.165, 1.54) is 0 Å². The van der Waals surface area contributed by atoms with Crippen molar-refractivity contribution in [2.45, 2.75) is 57.2 Å². The van der Waals surface area contributed by atoms with Crippen molar-refractivity contribution >= 4 is 45.9 Å². The third kappa shape index (κ3) is 6.39. The second-order valence-corrected chi connectivity index (χ2v) is 13.6. The van der Waals surface area contributed by atoms with Crippen LogP contribution in [0.25, 0.3) is 21.5 Å². The molecule has 0 saturated heterocycles. The summed E-state index contributed by atoms with van der Waals surface area (Å²) in [4.78, 5) is 28.6. The molecule has 2 aromatic heterocycles. The molecule has 4 rings (SSSR count). The van der Waals surface area contributed by atoms with Gasteiger partial charge in [0.1, 0.15) is 10.8 Å². The van der Waals surface area contributed by atoms with Gasteiger partial charge in [0.05, 0.1) is 5.41 Å². The SMILES string of the molecule is CC(C)(C)Sc1c(CC(C)(C)C(=O)O)n(Cc2ccc(-c3nccs3)cc2)c2ccc(OCC(=O)O)cc12. The van der Waals surface area contributed by atoms with E-state index in [0.29, 0.717) is 18.7 Å².